The van der Waals surface area contributed by atoms with Crippen LogP contribution in [-0.4, -0.2) is 58.6 Å². The highest BCUT2D eigenvalue weighted by atomic mass is 35.5. The number of pyridine rings is 1. The maximum atomic E-state index is 12.5. The third-order valence-electron chi connectivity index (χ3n) is 5.06. The number of piperazine rings is 1. The molecule has 1 aromatic heterocycles. The zero-order valence-corrected chi connectivity index (χ0v) is 16.2. The maximum Gasteiger partial charge on any atom is 0.222 e. The van der Waals surface area contributed by atoms with Gasteiger partial charge < -0.3 is 10.0 Å². The van der Waals surface area contributed by atoms with Crippen molar-refractivity contribution in [2.24, 2.45) is 0 Å². The molecule has 0 aliphatic carbocycles. The number of aliphatic hydroxyl groups excluding tert-OH is 1. The van der Waals surface area contributed by atoms with Gasteiger partial charge in [-0.3, -0.25) is 14.7 Å². The van der Waals surface area contributed by atoms with Crippen molar-refractivity contribution in [3.63, 3.8) is 0 Å². The van der Waals surface area contributed by atoms with Crippen LogP contribution in [0.2, 0.25) is 5.02 Å². The largest absolute Gasteiger partial charge is 0.394 e. The lowest BCUT2D eigenvalue weighted by molar-refractivity contribution is -0.133. The van der Waals surface area contributed by atoms with Crippen molar-refractivity contribution in [3.8, 4) is 0 Å². The molecule has 0 bridgehead atoms. The second-order valence-corrected chi connectivity index (χ2v) is 7.28. The van der Waals surface area contributed by atoms with Gasteiger partial charge in [-0.05, 0) is 42.7 Å². The van der Waals surface area contributed by atoms with Crippen LogP contribution in [0.5, 0.6) is 0 Å². The van der Waals surface area contributed by atoms with Crippen LogP contribution < -0.4 is 0 Å². The Hall–Kier alpha value is -1.95. The lowest BCUT2D eigenvalue weighted by atomic mass is 10.0. The Kier molecular flexibility index (Phi) is 7.21. The van der Waals surface area contributed by atoms with Crippen LogP contribution in [0.25, 0.3) is 0 Å². The number of aryl methyl sites for hydroxylation is 1. The summed E-state index contributed by atoms with van der Waals surface area (Å²) in [6.45, 7) is 2.94. The predicted octanol–water partition coefficient (Wildman–Crippen LogP) is 2.94. The number of aliphatic hydroxyl groups is 1. The van der Waals surface area contributed by atoms with Gasteiger partial charge >= 0.3 is 0 Å². The van der Waals surface area contributed by atoms with Crippen LogP contribution >= 0.6 is 11.6 Å². The number of rotatable bonds is 7. The zero-order valence-electron chi connectivity index (χ0n) is 15.4. The molecule has 1 atom stereocenters. The van der Waals surface area contributed by atoms with E-state index in [1.54, 1.807) is 6.20 Å². The van der Waals surface area contributed by atoms with Gasteiger partial charge in [0.1, 0.15) is 0 Å². The molecule has 0 radical (unpaired) electrons. The van der Waals surface area contributed by atoms with Gasteiger partial charge in [-0.2, -0.15) is 0 Å². The number of benzene rings is 1. The van der Waals surface area contributed by atoms with Crippen molar-refractivity contribution in [1.82, 2.24) is 14.8 Å². The third-order valence-corrected chi connectivity index (χ3v) is 5.30. The molecule has 1 aliphatic rings. The van der Waals surface area contributed by atoms with Gasteiger partial charge in [-0.15, -0.1) is 0 Å². The summed E-state index contributed by atoms with van der Waals surface area (Å²) in [7, 11) is 0. The molecule has 1 N–H and O–H groups in total. The standard InChI is InChI=1S/C21H26ClN3O2/c22-18-6-3-5-17(15-18)20(16-26)24-11-13-25(14-12-24)21(27)9-4-8-19-7-1-2-10-23-19/h1-3,5-7,10,15,20,26H,4,8-9,11-14,16H2/t20-/m0/s1. The highest BCUT2D eigenvalue weighted by Crippen LogP contribution is 2.24. The molecule has 5 nitrogen and oxygen atoms in total. The highest BCUT2D eigenvalue weighted by Gasteiger charge is 2.26. The summed E-state index contributed by atoms with van der Waals surface area (Å²) in [5.74, 6) is 0.203. The normalized spacial score (nSPS) is 16.3. The number of nitrogens with zero attached hydrogens (tertiary/aromatic N) is 3. The van der Waals surface area contributed by atoms with Gasteiger partial charge in [0.25, 0.3) is 0 Å². The summed E-state index contributed by atoms with van der Waals surface area (Å²) >= 11 is 6.08. The van der Waals surface area contributed by atoms with E-state index in [-0.39, 0.29) is 18.6 Å². The molecule has 2 heterocycles. The molecule has 1 fully saturated rings. The molecule has 0 unspecified atom stereocenters. The van der Waals surface area contributed by atoms with Crippen LogP contribution in [0.3, 0.4) is 0 Å². The van der Waals surface area contributed by atoms with Crippen molar-refractivity contribution in [1.29, 1.82) is 0 Å². The van der Waals surface area contributed by atoms with Crippen molar-refractivity contribution in [2.75, 3.05) is 32.8 Å². The minimum atomic E-state index is -0.0786. The van der Waals surface area contributed by atoms with Crippen LogP contribution in [0.1, 0.15) is 30.1 Å². The fourth-order valence-electron chi connectivity index (χ4n) is 3.55. The second-order valence-electron chi connectivity index (χ2n) is 6.84. The molecule has 3 rings (SSSR count). The number of carbonyl (C=O) groups excluding carboxylic acids is 1. The van der Waals surface area contributed by atoms with Gasteiger partial charge in [-0.1, -0.05) is 29.8 Å². The summed E-state index contributed by atoms with van der Waals surface area (Å²) in [6, 6.07) is 13.4. The molecule has 2 aromatic rings. The number of amides is 1. The Morgan fingerprint density at radius 2 is 1.96 bits per heavy atom. The molecular weight excluding hydrogens is 362 g/mol. The molecule has 0 spiro atoms. The molecule has 1 amide bonds. The van der Waals surface area contributed by atoms with E-state index in [0.717, 1.165) is 37.2 Å². The van der Waals surface area contributed by atoms with E-state index in [1.807, 2.05) is 47.4 Å². The van der Waals surface area contributed by atoms with Crippen molar-refractivity contribution >= 4 is 17.5 Å². The Labute approximate surface area is 165 Å². The zero-order chi connectivity index (χ0) is 19.1. The molecule has 144 valence electrons. The van der Waals surface area contributed by atoms with E-state index >= 15 is 0 Å². The van der Waals surface area contributed by atoms with Crippen LogP contribution in [0, 0.1) is 0 Å². The van der Waals surface area contributed by atoms with E-state index in [1.165, 1.54) is 0 Å². The first-order valence-electron chi connectivity index (χ1n) is 9.45. The quantitative estimate of drug-likeness (QED) is 0.793. The Balaban J connectivity index is 1.46. The number of carbonyl (C=O) groups is 1. The van der Waals surface area contributed by atoms with Gasteiger partial charge in [0.05, 0.1) is 12.6 Å². The van der Waals surface area contributed by atoms with E-state index in [2.05, 4.69) is 9.88 Å². The lowest BCUT2D eigenvalue weighted by Crippen LogP contribution is -2.50. The number of hydrogen-bond acceptors (Lipinski definition) is 4. The topological polar surface area (TPSA) is 56.7 Å². The van der Waals surface area contributed by atoms with E-state index < -0.39 is 0 Å². The Bertz CT molecular complexity index is 733. The van der Waals surface area contributed by atoms with Crippen molar-refractivity contribution in [3.05, 3.63) is 64.9 Å². The van der Waals surface area contributed by atoms with Crippen LogP contribution in [0.15, 0.2) is 48.7 Å². The van der Waals surface area contributed by atoms with Crippen LogP contribution in [-0.2, 0) is 11.2 Å². The third kappa shape index (κ3) is 5.51. The smallest absolute Gasteiger partial charge is 0.222 e. The first-order chi connectivity index (χ1) is 13.2. The molecule has 1 aromatic carbocycles. The summed E-state index contributed by atoms with van der Waals surface area (Å²) in [5.41, 5.74) is 2.04. The summed E-state index contributed by atoms with van der Waals surface area (Å²) in [6.07, 6.45) is 3.98. The average molecular weight is 388 g/mol. The molecule has 0 saturated carbocycles. The van der Waals surface area contributed by atoms with Crippen LogP contribution in [0.4, 0.5) is 0 Å². The van der Waals surface area contributed by atoms with Gasteiger partial charge in [0, 0.05) is 49.5 Å². The summed E-state index contributed by atoms with van der Waals surface area (Å²) < 4.78 is 0. The molecule has 6 heteroatoms. The highest BCUT2D eigenvalue weighted by molar-refractivity contribution is 6.30. The van der Waals surface area contributed by atoms with Gasteiger partial charge in [0.15, 0.2) is 0 Å². The fraction of sp³-hybridized carbons (Fsp3) is 0.429. The number of hydrogen-bond donors (Lipinski definition) is 1. The van der Waals surface area contributed by atoms with Gasteiger partial charge in [-0.25, -0.2) is 0 Å². The molecule has 27 heavy (non-hydrogen) atoms. The minimum absolute atomic E-state index is 0.0400. The van der Waals surface area contributed by atoms with E-state index in [0.29, 0.717) is 24.5 Å². The minimum Gasteiger partial charge on any atom is -0.394 e. The number of halogens is 1. The lowest BCUT2D eigenvalue weighted by Gasteiger charge is -2.39. The predicted molar refractivity (Wildman–Crippen MR) is 107 cm³/mol. The molecule has 1 saturated heterocycles. The number of aromatic nitrogens is 1. The van der Waals surface area contributed by atoms with Crippen molar-refractivity contribution in [2.45, 2.75) is 25.3 Å². The Morgan fingerprint density at radius 3 is 2.63 bits per heavy atom. The van der Waals surface area contributed by atoms with Crippen molar-refractivity contribution < 1.29 is 9.90 Å². The Morgan fingerprint density at radius 1 is 1.15 bits per heavy atom. The monoisotopic (exact) mass is 387 g/mol. The molecule has 1 aliphatic heterocycles. The van der Waals surface area contributed by atoms with Gasteiger partial charge in [0.2, 0.25) is 5.91 Å². The first-order valence-corrected chi connectivity index (χ1v) is 9.83. The maximum absolute atomic E-state index is 12.5. The first kappa shape index (κ1) is 19.8. The SMILES string of the molecule is O=C(CCCc1ccccn1)N1CCN([C@@H](CO)c2cccc(Cl)c2)CC1. The van der Waals surface area contributed by atoms with E-state index in [9.17, 15) is 9.90 Å². The summed E-state index contributed by atoms with van der Waals surface area (Å²) in [4.78, 5) is 20.9. The average Bonchev–Trinajstić information content (AvgIpc) is 2.70. The fourth-order valence-corrected chi connectivity index (χ4v) is 3.75. The molecular formula is C21H26ClN3O2. The summed E-state index contributed by atoms with van der Waals surface area (Å²) in [5, 5.41) is 10.5. The van der Waals surface area contributed by atoms with E-state index in [4.69, 9.17) is 11.6 Å². The second kappa shape index (κ2) is 9.83.